The Morgan fingerprint density at radius 2 is 1.41 bits per heavy atom. The normalized spacial score (nSPS) is 13.7. The van der Waals surface area contributed by atoms with Crippen molar-refractivity contribution in [2.24, 2.45) is 0 Å². The van der Waals surface area contributed by atoms with Gasteiger partial charge in [0.1, 0.15) is 0 Å². The molecule has 0 spiro atoms. The largest absolute Gasteiger partial charge is 0.378 e. The fraction of sp³-hybridized carbons (Fsp3) is 0.400. The van der Waals surface area contributed by atoms with Gasteiger partial charge in [-0.1, -0.05) is 74.5 Å². The highest BCUT2D eigenvalue weighted by Gasteiger charge is 2.09. The molecule has 0 fully saturated rings. The Hall–Kier alpha value is -1.64. The van der Waals surface area contributed by atoms with Crippen LogP contribution in [0.4, 0.5) is 0 Å². The van der Waals surface area contributed by atoms with Gasteiger partial charge in [-0.05, 0) is 17.5 Å². The molecule has 0 aliphatic carbocycles. The summed E-state index contributed by atoms with van der Waals surface area (Å²) in [6.45, 7) is 6.34. The van der Waals surface area contributed by atoms with Crippen LogP contribution >= 0.6 is 0 Å². The van der Waals surface area contributed by atoms with Crippen LogP contribution in [0.15, 0.2) is 60.7 Å². The smallest absolute Gasteiger partial charge is 0.0823 e. The zero-order chi connectivity index (χ0) is 15.6. The van der Waals surface area contributed by atoms with Gasteiger partial charge in [0.05, 0.1) is 25.9 Å². The van der Waals surface area contributed by atoms with Crippen molar-refractivity contribution in [3.8, 4) is 0 Å². The molecule has 0 N–H and O–H groups in total. The molecule has 22 heavy (non-hydrogen) atoms. The summed E-state index contributed by atoms with van der Waals surface area (Å²) in [5, 5.41) is 0. The summed E-state index contributed by atoms with van der Waals surface area (Å²) < 4.78 is 11.7. The van der Waals surface area contributed by atoms with Gasteiger partial charge >= 0.3 is 0 Å². The predicted molar refractivity (Wildman–Crippen MR) is 91.1 cm³/mol. The molecule has 2 unspecified atom stereocenters. The van der Waals surface area contributed by atoms with E-state index in [1.54, 1.807) is 0 Å². The fourth-order valence-corrected chi connectivity index (χ4v) is 2.50. The van der Waals surface area contributed by atoms with Gasteiger partial charge in [-0.15, -0.1) is 0 Å². The average Bonchev–Trinajstić information content (AvgIpc) is 2.59. The van der Waals surface area contributed by atoms with E-state index in [1.807, 2.05) is 12.1 Å². The lowest BCUT2D eigenvalue weighted by atomic mass is 10.0. The van der Waals surface area contributed by atoms with Gasteiger partial charge in [0.25, 0.3) is 0 Å². The van der Waals surface area contributed by atoms with Gasteiger partial charge in [-0.2, -0.15) is 0 Å². The Balaban J connectivity index is 1.66. The van der Waals surface area contributed by atoms with Gasteiger partial charge in [-0.3, -0.25) is 0 Å². The van der Waals surface area contributed by atoms with Crippen molar-refractivity contribution in [3.05, 3.63) is 71.8 Å². The fourth-order valence-electron chi connectivity index (χ4n) is 2.50. The maximum atomic E-state index is 5.94. The third-order valence-electron chi connectivity index (χ3n) is 3.83. The van der Waals surface area contributed by atoms with Crippen LogP contribution < -0.4 is 0 Å². The number of rotatable bonds is 9. The quantitative estimate of drug-likeness (QED) is 0.608. The van der Waals surface area contributed by atoms with Crippen molar-refractivity contribution in [2.45, 2.75) is 32.3 Å². The molecule has 0 bridgehead atoms. The second kappa shape index (κ2) is 9.39. The standard InChI is InChI=1S/C20H26O2/c1-3-20(19-12-8-5-9-13-19)22-15-14-21-16-17(2)18-10-6-4-7-11-18/h4-13,17,20H,3,14-16H2,1-2H3. The molecule has 0 amide bonds. The minimum atomic E-state index is 0.163. The molecule has 2 nitrogen and oxygen atoms in total. The van der Waals surface area contributed by atoms with E-state index in [2.05, 4.69) is 62.4 Å². The number of hydrogen-bond acceptors (Lipinski definition) is 2. The van der Waals surface area contributed by atoms with Crippen molar-refractivity contribution >= 4 is 0 Å². The summed E-state index contributed by atoms with van der Waals surface area (Å²) in [5.74, 6) is 0.414. The van der Waals surface area contributed by atoms with Crippen LogP contribution in [0.1, 0.15) is 43.4 Å². The zero-order valence-corrected chi connectivity index (χ0v) is 13.6. The lowest BCUT2D eigenvalue weighted by Crippen LogP contribution is -2.12. The lowest BCUT2D eigenvalue weighted by Gasteiger charge is -2.17. The summed E-state index contributed by atoms with van der Waals surface area (Å²) in [6.07, 6.45) is 1.14. The molecule has 0 saturated heterocycles. The summed E-state index contributed by atoms with van der Waals surface area (Å²) in [4.78, 5) is 0. The average molecular weight is 298 g/mol. The molecule has 0 radical (unpaired) electrons. The number of ether oxygens (including phenoxy) is 2. The van der Waals surface area contributed by atoms with Crippen molar-refractivity contribution in [3.63, 3.8) is 0 Å². The zero-order valence-electron chi connectivity index (χ0n) is 13.6. The molecule has 2 aromatic carbocycles. The minimum Gasteiger partial charge on any atom is -0.378 e. The SMILES string of the molecule is CCC(OCCOCC(C)c1ccccc1)c1ccccc1. The molecule has 2 rings (SSSR count). The lowest BCUT2D eigenvalue weighted by molar-refractivity contribution is -0.0000214. The Morgan fingerprint density at radius 1 is 0.818 bits per heavy atom. The molecule has 0 saturated carbocycles. The van der Waals surface area contributed by atoms with Gasteiger partial charge in [-0.25, -0.2) is 0 Å². The summed E-state index contributed by atoms with van der Waals surface area (Å²) >= 11 is 0. The molecule has 118 valence electrons. The Kier molecular flexibility index (Phi) is 7.14. The summed E-state index contributed by atoms with van der Waals surface area (Å²) in [7, 11) is 0. The predicted octanol–water partition coefficient (Wildman–Crippen LogP) is 4.97. The van der Waals surface area contributed by atoms with Crippen molar-refractivity contribution in [2.75, 3.05) is 19.8 Å². The van der Waals surface area contributed by atoms with E-state index >= 15 is 0 Å². The molecule has 0 heterocycles. The first-order valence-corrected chi connectivity index (χ1v) is 8.10. The molecule has 2 aromatic rings. The van der Waals surface area contributed by atoms with E-state index in [9.17, 15) is 0 Å². The first-order chi connectivity index (χ1) is 10.8. The summed E-state index contributed by atoms with van der Waals surface area (Å²) in [5.41, 5.74) is 2.56. The van der Waals surface area contributed by atoms with E-state index < -0.39 is 0 Å². The second-order valence-corrected chi connectivity index (χ2v) is 5.57. The van der Waals surface area contributed by atoms with Gasteiger partial charge in [0.15, 0.2) is 0 Å². The first kappa shape index (κ1) is 16.7. The Morgan fingerprint density at radius 3 is 2.00 bits per heavy atom. The molecular formula is C20H26O2. The van der Waals surface area contributed by atoms with Crippen LogP contribution in [0.25, 0.3) is 0 Å². The van der Waals surface area contributed by atoms with Gasteiger partial charge < -0.3 is 9.47 Å². The third-order valence-corrected chi connectivity index (χ3v) is 3.83. The maximum Gasteiger partial charge on any atom is 0.0823 e. The van der Waals surface area contributed by atoms with E-state index in [-0.39, 0.29) is 6.10 Å². The van der Waals surface area contributed by atoms with Crippen LogP contribution in [-0.2, 0) is 9.47 Å². The Labute approximate surface area is 134 Å². The molecule has 0 aromatic heterocycles. The monoisotopic (exact) mass is 298 g/mol. The van der Waals surface area contributed by atoms with E-state index in [0.717, 1.165) is 13.0 Å². The van der Waals surface area contributed by atoms with E-state index in [4.69, 9.17) is 9.47 Å². The van der Waals surface area contributed by atoms with E-state index in [0.29, 0.717) is 19.1 Å². The minimum absolute atomic E-state index is 0.163. The molecular weight excluding hydrogens is 272 g/mol. The van der Waals surface area contributed by atoms with E-state index in [1.165, 1.54) is 11.1 Å². The second-order valence-electron chi connectivity index (χ2n) is 5.57. The maximum absolute atomic E-state index is 5.94. The highest BCUT2D eigenvalue weighted by Crippen LogP contribution is 2.20. The topological polar surface area (TPSA) is 18.5 Å². The Bertz CT molecular complexity index is 510. The molecule has 2 heteroatoms. The van der Waals surface area contributed by atoms with Gasteiger partial charge in [0, 0.05) is 5.92 Å². The van der Waals surface area contributed by atoms with Crippen LogP contribution in [0, 0.1) is 0 Å². The first-order valence-electron chi connectivity index (χ1n) is 8.10. The number of benzene rings is 2. The van der Waals surface area contributed by atoms with Crippen molar-refractivity contribution in [1.29, 1.82) is 0 Å². The van der Waals surface area contributed by atoms with Crippen molar-refractivity contribution < 1.29 is 9.47 Å². The number of hydrogen-bond donors (Lipinski definition) is 0. The summed E-state index contributed by atoms with van der Waals surface area (Å²) in [6, 6.07) is 20.9. The molecule has 2 atom stereocenters. The highest BCUT2D eigenvalue weighted by atomic mass is 16.5. The molecule has 0 aliphatic rings. The van der Waals surface area contributed by atoms with Crippen LogP contribution in [-0.4, -0.2) is 19.8 Å². The highest BCUT2D eigenvalue weighted by molar-refractivity contribution is 5.19. The van der Waals surface area contributed by atoms with Gasteiger partial charge in [0.2, 0.25) is 0 Å². The van der Waals surface area contributed by atoms with Crippen LogP contribution in [0.3, 0.4) is 0 Å². The molecule has 0 aliphatic heterocycles. The van der Waals surface area contributed by atoms with Crippen LogP contribution in [0.5, 0.6) is 0 Å². The van der Waals surface area contributed by atoms with Crippen molar-refractivity contribution in [1.82, 2.24) is 0 Å². The van der Waals surface area contributed by atoms with Crippen LogP contribution in [0.2, 0.25) is 0 Å². The third kappa shape index (κ3) is 5.28.